The van der Waals surface area contributed by atoms with Gasteiger partial charge < -0.3 is 4.90 Å². The molecule has 0 spiro atoms. The van der Waals surface area contributed by atoms with Gasteiger partial charge in [0.2, 0.25) is 0 Å². The van der Waals surface area contributed by atoms with Gasteiger partial charge in [-0.2, -0.15) is 0 Å². The molecule has 0 saturated heterocycles. The molecule has 4 nitrogen and oxygen atoms in total. The molecule has 0 aliphatic heterocycles. The monoisotopic (exact) mass is 311 g/mol. The Morgan fingerprint density at radius 3 is 2.73 bits per heavy atom. The summed E-state index contributed by atoms with van der Waals surface area (Å²) in [5, 5.41) is 0.494. The van der Waals surface area contributed by atoms with E-state index in [0.29, 0.717) is 11.6 Å². The van der Waals surface area contributed by atoms with E-state index in [-0.39, 0.29) is 5.91 Å². The highest BCUT2D eigenvalue weighted by atomic mass is 32.1. The average Bonchev–Trinajstić information content (AvgIpc) is 3.00. The average molecular weight is 311 g/mol. The molecular formula is C17H17N3OS. The summed E-state index contributed by atoms with van der Waals surface area (Å²) in [5.41, 5.74) is 1.69. The van der Waals surface area contributed by atoms with Crippen LogP contribution in [0.3, 0.4) is 0 Å². The molecular weight excluding hydrogens is 294 g/mol. The first kappa shape index (κ1) is 14.7. The highest BCUT2D eigenvalue weighted by Crippen LogP contribution is 2.23. The van der Waals surface area contributed by atoms with Crippen molar-refractivity contribution in [2.45, 2.75) is 19.8 Å². The summed E-state index contributed by atoms with van der Waals surface area (Å²) in [4.78, 5) is 24.2. The Kier molecular flexibility index (Phi) is 4.44. The van der Waals surface area contributed by atoms with Gasteiger partial charge >= 0.3 is 0 Å². The predicted octanol–water partition coefficient (Wildman–Crippen LogP) is 4.14. The number of carbonyl (C=O) groups is 1. The third-order valence-corrected chi connectivity index (χ3v) is 4.36. The van der Waals surface area contributed by atoms with Crippen LogP contribution in [0.15, 0.2) is 48.7 Å². The lowest BCUT2D eigenvalue weighted by Gasteiger charge is -2.21. The molecule has 2 aromatic heterocycles. The van der Waals surface area contributed by atoms with Crippen molar-refractivity contribution < 1.29 is 4.79 Å². The molecule has 0 aliphatic rings. The number of carbonyl (C=O) groups excluding carboxylic acids is 1. The summed E-state index contributed by atoms with van der Waals surface area (Å²) in [7, 11) is 0. The fourth-order valence-electron chi connectivity index (χ4n) is 2.25. The maximum Gasteiger partial charge on any atom is 0.287 e. The number of rotatable bonds is 5. The van der Waals surface area contributed by atoms with Crippen LogP contribution in [0.1, 0.15) is 29.6 Å². The third kappa shape index (κ3) is 2.99. The van der Waals surface area contributed by atoms with Gasteiger partial charge in [0.1, 0.15) is 10.3 Å². The number of hydrogen-bond acceptors (Lipinski definition) is 4. The second kappa shape index (κ2) is 6.66. The zero-order chi connectivity index (χ0) is 15.4. The first-order valence-electron chi connectivity index (χ1n) is 7.38. The van der Waals surface area contributed by atoms with Gasteiger partial charge in [0.15, 0.2) is 5.01 Å². The third-order valence-electron chi connectivity index (χ3n) is 3.40. The fraction of sp³-hybridized carbons (Fsp3) is 0.235. The van der Waals surface area contributed by atoms with Crippen molar-refractivity contribution in [1.82, 2.24) is 9.97 Å². The minimum absolute atomic E-state index is 0.0531. The van der Waals surface area contributed by atoms with Crippen LogP contribution in [0.4, 0.5) is 5.69 Å². The normalized spacial score (nSPS) is 10.8. The maximum atomic E-state index is 12.9. The van der Waals surface area contributed by atoms with Crippen LogP contribution < -0.4 is 4.90 Å². The van der Waals surface area contributed by atoms with Crippen LogP contribution >= 0.6 is 11.3 Å². The van der Waals surface area contributed by atoms with E-state index < -0.39 is 0 Å². The lowest BCUT2D eigenvalue weighted by Crippen LogP contribution is -2.31. The molecule has 1 aromatic carbocycles. The van der Waals surface area contributed by atoms with E-state index in [4.69, 9.17) is 0 Å². The highest BCUT2D eigenvalue weighted by Gasteiger charge is 2.21. The van der Waals surface area contributed by atoms with Gasteiger partial charge in [0.25, 0.3) is 5.91 Å². The molecule has 0 radical (unpaired) electrons. The number of pyridine rings is 1. The summed E-state index contributed by atoms with van der Waals surface area (Å²) < 4.78 is 0. The van der Waals surface area contributed by atoms with E-state index in [1.165, 1.54) is 11.3 Å². The van der Waals surface area contributed by atoms with Crippen LogP contribution in [0, 0.1) is 0 Å². The molecule has 0 unspecified atom stereocenters. The first-order chi connectivity index (χ1) is 10.8. The van der Waals surface area contributed by atoms with Crippen molar-refractivity contribution in [3.8, 4) is 0 Å². The second-order valence-corrected chi connectivity index (χ2v) is 5.97. The van der Waals surface area contributed by atoms with Crippen molar-refractivity contribution in [1.29, 1.82) is 0 Å². The SMILES string of the molecule is CCCCN(C(=O)c1nc2cccnc2s1)c1ccccc1. The van der Waals surface area contributed by atoms with Gasteiger partial charge in [0, 0.05) is 18.4 Å². The number of unbranched alkanes of at least 4 members (excludes halogenated alkanes) is 1. The zero-order valence-electron chi connectivity index (χ0n) is 12.4. The zero-order valence-corrected chi connectivity index (χ0v) is 13.2. The van der Waals surface area contributed by atoms with Crippen LogP contribution in [0.25, 0.3) is 10.3 Å². The maximum absolute atomic E-state index is 12.9. The summed E-state index contributed by atoms with van der Waals surface area (Å²) in [6, 6.07) is 13.5. The molecule has 0 atom stereocenters. The Balaban J connectivity index is 1.94. The number of thiazole rings is 1. The van der Waals surface area contributed by atoms with Gasteiger partial charge in [-0.25, -0.2) is 9.97 Å². The molecule has 0 bridgehead atoms. The van der Waals surface area contributed by atoms with Gasteiger partial charge in [-0.15, -0.1) is 0 Å². The first-order valence-corrected chi connectivity index (χ1v) is 8.19. The molecule has 0 aliphatic carbocycles. The van der Waals surface area contributed by atoms with Crippen molar-refractivity contribution in [3.05, 3.63) is 53.7 Å². The summed E-state index contributed by atoms with van der Waals surface area (Å²) in [6.45, 7) is 2.82. The second-order valence-electron chi connectivity index (χ2n) is 4.99. The molecule has 0 fully saturated rings. The summed E-state index contributed by atoms with van der Waals surface area (Å²) >= 11 is 1.35. The minimum Gasteiger partial charge on any atom is -0.306 e. The van der Waals surface area contributed by atoms with Crippen molar-refractivity contribution in [2.75, 3.05) is 11.4 Å². The number of anilines is 1. The molecule has 22 heavy (non-hydrogen) atoms. The number of para-hydroxylation sites is 1. The largest absolute Gasteiger partial charge is 0.306 e. The molecule has 3 rings (SSSR count). The smallest absolute Gasteiger partial charge is 0.287 e. The standard InChI is InChI=1S/C17H17N3OS/c1-2-3-12-20(13-8-5-4-6-9-13)17(21)16-19-14-10-7-11-18-15(14)22-16/h4-11H,2-3,12H2,1H3. The fourth-order valence-corrected chi connectivity index (χ4v) is 3.11. The van der Waals surface area contributed by atoms with Gasteiger partial charge in [-0.3, -0.25) is 4.79 Å². The summed E-state index contributed by atoms with van der Waals surface area (Å²) in [5.74, 6) is -0.0531. The van der Waals surface area contributed by atoms with Crippen LogP contribution in [0.2, 0.25) is 0 Å². The van der Waals surface area contributed by atoms with E-state index in [9.17, 15) is 4.79 Å². The van der Waals surface area contributed by atoms with Gasteiger partial charge in [-0.1, -0.05) is 42.9 Å². The van der Waals surface area contributed by atoms with E-state index in [0.717, 1.165) is 28.9 Å². The molecule has 2 heterocycles. The lowest BCUT2D eigenvalue weighted by atomic mass is 10.2. The van der Waals surface area contributed by atoms with Crippen molar-refractivity contribution in [2.24, 2.45) is 0 Å². The van der Waals surface area contributed by atoms with Crippen molar-refractivity contribution >= 4 is 33.3 Å². The number of hydrogen-bond donors (Lipinski definition) is 0. The number of aromatic nitrogens is 2. The van der Waals surface area contributed by atoms with E-state index in [1.807, 2.05) is 42.5 Å². The van der Waals surface area contributed by atoms with E-state index >= 15 is 0 Å². The van der Waals surface area contributed by atoms with Crippen LogP contribution in [0.5, 0.6) is 0 Å². The minimum atomic E-state index is -0.0531. The Hall–Kier alpha value is -2.27. The molecule has 3 aromatic rings. The Morgan fingerprint density at radius 2 is 2.00 bits per heavy atom. The molecule has 0 N–H and O–H groups in total. The van der Waals surface area contributed by atoms with Gasteiger partial charge in [0.05, 0.1) is 0 Å². The number of benzene rings is 1. The number of amides is 1. The van der Waals surface area contributed by atoms with E-state index in [2.05, 4.69) is 16.9 Å². The van der Waals surface area contributed by atoms with Gasteiger partial charge in [-0.05, 0) is 30.7 Å². The summed E-state index contributed by atoms with van der Waals surface area (Å²) in [6.07, 6.45) is 3.72. The predicted molar refractivity (Wildman–Crippen MR) is 90.4 cm³/mol. The van der Waals surface area contributed by atoms with Crippen LogP contribution in [-0.4, -0.2) is 22.4 Å². The topological polar surface area (TPSA) is 46.1 Å². The van der Waals surface area contributed by atoms with Crippen LogP contribution in [-0.2, 0) is 0 Å². The quantitative estimate of drug-likeness (QED) is 0.711. The molecule has 112 valence electrons. The molecule has 5 heteroatoms. The Labute approximate surface area is 133 Å². The molecule has 1 amide bonds. The molecule has 0 saturated carbocycles. The lowest BCUT2D eigenvalue weighted by molar-refractivity contribution is 0.0986. The van der Waals surface area contributed by atoms with Crippen molar-refractivity contribution in [3.63, 3.8) is 0 Å². The van der Waals surface area contributed by atoms with E-state index in [1.54, 1.807) is 11.1 Å². The number of nitrogens with zero attached hydrogens (tertiary/aromatic N) is 3. The Morgan fingerprint density at radius 1 is 1.18 bits per heavy atom. The number of fused-ring (bicyclic) bond motifs is 1. The highest BCUT2D eigenvalue weighted by molar-refractivity contribution is 7.20. The Bertz CT molecular complexity index is 737.